The molecule has 0 atom stereocenters. The Morgan fingerprint density at radius 3 is 2.70 bits per heavy atom. The van der Waals surface area contributed by atoms with Gasteiger partial charge in [0.05, 0.1) is 22.8 Å². The van der Waals surface area contributed by atoms with Crippen LogP contribution in [-0.2, 0) is 0 Å². The molecule has 100 valence electrons. The minimum absolute atomic E-state index is 0.166. The number of halogens is 2. The van der Waals surface area contributed by atoms with E-state index in [1.54, 1.807) is 24.4 Å². The van der Waals surface area contributed by atoms with Gasteiger partial charge in [0.1, 0.15) is 0 Å². The largest absolute Gasteiger partial charge is 0.288 e. The highest BCUT2D eigenvalue weighted by Gasteiger charge is 2.21. The maximum Gasteiger partial charge on any atom is 0.199 e. The molecule has 0 aliphatic heterocycles. The van der Waals surface area contributed by atoms with Crippen LogP contribution in [0.25, 0.3) is 5.52 Å². The molecule has 2 aromatic heterocycles. The standard InChI is InChI=1S/C15H10F2N2O/c1-9-5-6-10(14(17)13(9)16)15(20)11-8-18-19-7-3-2-4-12(11)19/h2-8H,1H3. The highest BCUT2D eigenvalue weighted by atomic mass is 19.2. The molecule has 0 fully saturated rings. The first-order valence-corrected chi connectivity index (χ1v) is 6.01. The zero-order chi connectivity index (χ0) is 14.3. The second kappa shape index (κ2) is 4.52. The lowest BCUT2D eigenvalue weighted by Crippen LogP contribution is -2.06. The third kappa shape index (κ3) is 1.79. The summed E-state index contributed by atoms with van der Waals surface area (Å²) in [6.07, 6.45) is 3.03. The Labute approximate surface area is 113 Å². The average Bonchev–Trinajstić information content (AvgIpc) is 2.88. The molecule has 0 amide bonds. The van der Waals surface area contributed by atoms with Gasteiger partial charge in [0, 0.05) is 6.20 Å². The minimum Gasteiger partial charge on any atom is -0.288 e. The molecule has 0 bridgehead atoms. The fourth-order valence-corrected chi connectivity index (χ4v) is 2.08. The van der Waals surface area contributed by atoms with E-state index >= 15 is 0 Å². The Bertz CT molecular complexity index is 824. The van der Waals surface area contributed by atoms with Gasteiger partial charge in [0.25, 0.3) is 0 Å². The van der Waals surface area contributed by atoms with Gasteiger partial charge in [-0.05, 0) is 30.7 Å². The number of rotatable bonds is 2. The second-order valence-electron chi connectivity index (χ2n) is 4.48. The predicted octanol–water partition coefficient (Wildman–Crippen LogP) is 3.15. The Balaban J connectivity index is 2.16. The van der Waals surface area contributed by atoms with Crippen LogP contribution in [0.3, 0.4) is 0 Å². The number of carbonyl (C=O) groups is 1. The first-order chi connectivity index (χ1) is 9.59. The van der Waals surface area contributed by atoms with Crippen LogP contribution in [0.1, 0.15) is 21.5 Å². The maximum atomic E-state index is 13.9. The zero-order valence-electron chi connectivity index (χ0n) is 10.6. The van der Waals surface area contributed by atoms with E-state index in [1.165, 1.54) is 29.8 Å². The van der Waals surface area contributed by atoms with Gasteiger partial charge < -0.3 is 0 Å². The quantitative estimate of drug-likeness (QED) is 0.672. The molecular weight excluding hydrogens is 262 g/mol. The molecule has 5 heteroatoms. The average molecular weight is 272 g/mol. The fourth-order valence-electron chi connectivity index (χ4n) is 2.08. The van der Waals surface area contributed by atoms with Gasteiger partial charge in [0.15, 0.2) is 17.4 Å². The summed E-state index contributed by atoms with van der Waals surface area (Å²) in [7, 11) is 0. The van der Waals surface area contributed by atoms with E-state index in [9.17, 15) is 13.6 Å². The van der Waals surface area contributed by atoms with Crippen molar-refractivity contribution in [2.75, 3.05) is 0 Å². The highest BCUT2D eigenvalue weighted by Crippen LogP contribution is 2.21. The summed E-state index contributed by atoms with van der Waals surface area (Å²) in [5.41, 5.74) is 0.677. The minimum atomic E-state index is -1.12. The van der Waals surface area contributed by atoms with E-state index in [-0.39, 0.29) is 16.7 Å². The number of aryl methyl sites for hydroxylation is 1. The Hall–Kier alpha value is -2.56. The molecule has 0 radical (unpaired) electrons. The number of aromatic nitrogens is 2. The summed E-state index contributed by atoms with van der Waals surface area (Å²) in [6.45, 7) is 1.45. The van der Waals surface area contributed by atoms with E-state index in [0.717, 1.165) is 0 Å². The van der Waals surface area contributed by atoms with E-state index in [1.807, 2.05) is 0 Å². The Morgan fingerprint density at radius 2 is 1.90 bits per heavy atom. The Kier molecular flexibility index (Phi) is 2.82. The van der Waals surface area contributed by atoms with Gasteiger partial charge in [-0.15, -0.1) is 0 Å². The van der Waals surface area contributed by atoms with E-state index in [2.05, 4.69) is 5.10 Å². The molecule has 0 aliphatic carbocycles. The fraction of sp³-hybridized carbons (Fsp3) is 0.0667. The first-order valence-electron chi connectivity index (χ1n) is 6.01. The number of nitrogens with zero attached hydrogens (tertiary/aromatic N) is 2. The third-order valence-electron chi connectivity index (χ3n) is 3.19. The number of ketones is 1. The first kappa shape index (κ1) is 12.5. The predicted molar refractivity (Wildman–Crippen MR) is 69.7 cm³/mol. The molecule has 0 saturated heterocycles. The molecular formula is C15H10F2N2O. The van der Waals surface area contributed by atoms with Crippen molar-refractivity contribution in [1.82, 2.24) is 9.61 Å². The summed E-state index contributed by atoms with van der Waals surface area (Å²) < 4.78 is 29.0. The van der Waals surface area contributed by atoms with E-state index in [4.69, 9.17) is 0 Å². The molecule has 0 N–H and O–H groups in total. The summed E-state index contributed by atoms with van der Waals surface area (Å²) >= 11 is 0. The van der Waals surface area contributed by atoms with Crippen LogP contribution in [0.4, 0.5) is 8.78 Å². The van der Waals surface area contributed by atoms with Crippen LogP contribution in [0.2, 0.25) is 0 Å². The van der Waals surface area contributed by atoms with Gasteiger partial charge >= 0.3 is 0 Å². The molecule has 3 aromatic rings. The monoisotopic (exact) mass is 272 g/mol. The smallest absolute Gasteiger partial charge is 0.199 e. The van der Waals surface area contributed by atoms with Gasteiger partial charge in [-0.2, -0.15) is 5.10 Å². The van der Waals surface area contributed by atoms with Crippen molar-refractivity contribution in [3.05, 3.63) is 71.1 Å². The number of benzene rings is 1. The maximum absolute atomic E-state index is 13.9. The molecule has 0 spiro atoms. The lowest BCUT2D eigenvalue weighted by Gasteiger charge is -2.04. The Morgan fingerprint density at radius 1 is 1.10 bits per heavy atom. The lowest BCUT2D eigenvalue weighted by atomic mass is 10.0. The van der Waals surface area contributed by atoms with Crippen molar-refractivity contribution in [2.45, 2.75) is 6.92 Å². The van der Waals surface area contributed by atoms with Crippen molar-refractivity contribution < 1.29 is 13.6 Å². The van der Waals surface area contributed by atoms with Crippen molar-refractivity contribution in [1.29, 1.82) is 0 Å². The molecule has 0 unspecified atom stereocenters. The van der Waals surface area contributed by atoms with Crippen molar-refractivity contribution >= 4 is 11.3 Å². The van der Waals surface area contributed by atoms with Crippen LogP contribution in [0.5, 0.6) is 0 Å². The number of hydrogen-bond donors (Lipinski definition) is 0. The number of carbonyl (C=O) groups excluding carboxylic acids is 1. The molecule has 0 aliphatic rings. The zero-order valence-corrected chi connectivity index (χ0v) is 10.6. The van der Waals surface area contributed by atoms with Crippen LogP contribution in [-0.4, -0.2) is 15.4 Å². The molecule has 1 aromatic carbocycles. The molecule has 0 saturated carbocycles. The summed E-state index contributed by atoms with van der Waals surface area (Å²) in [4.78, 5) is 12.3. The molecule has 2 heterocycles. The van der Waals surface area contributed by atoms with Gasteiger partial charge in [-0.1, -0.05) is 12.1 Å². The van der Waals surface area contributed by atoms with Gasteiger partial charge in [0.2, 0.25) is 0 Å². The molecule has 20 heavy (non-hydrogen) atoms. The second-order valence-corrected chi connectivity index (χ2v) is 4.48. The topological polar surface area (TPSA) is 34.4 Å². The van der Waals surface area contributed by atoms with Gasteiger partial charge in [-0.3, -0.25) is 4.79 Å². The van der Waals surface area contributed by atoms with E-state index in [0.29, 0.717) is 5.52 Å². The van der Waals surface area contributed by atoms with Gasteiger partial charge in [-0.25, -0.2) is 13.3 Å². The van der Waals surface area contributed by atoms with E-state index < -0.39 is 17.4 Å². The number of pyridine rings is 1. The summed E-state index contributed by atoms with van der Waals surface area (Å²) in [5, 5.41) is 4.01. The van der Waals surface area contributed by atoms with Crippen molar-refractivity contribution in [2.24, 2.45) is 0 Å². The van der Waals surface area contributed by atoms with Crippen LogP contribution in [0, 0.1) is 18.6 Å². The third-order valence-corrected chi connectivity index (χ3v) is 3.19. The van der Waals surface area contributed by atoms with Crippen LogP contribution in [0.15, 0.2) is 42.7 Å². The molecule has 3 nitrogen and oxygen atoms in total. The SMILES string of the molecule is Cc1ccc(C(=O)c2cnn3ccccc23)c(F)c1F. The normalized spacial score (nSPS) is 10.9. The van der Waals surface area contributed by atoms with Crippen LogP contribution < -0.4 is 0 Å². The van der Waals surface area contributed by atoms with Crippen molar-refractivity contribution in [3.8, 4) is 0 Å². The summed E-state index contributed by atoms with van der Waals surface area (Å²) in [5.74, 6) is -2.69. The number of fused-ring (bicyclic) bond motifs is 1. The van der Waals surface area contributed by atoms with Crippen LogP contribution >= 0.6 is 0 Å². The summed E-state index contributed by atoms with van der Waals surface area (Å²) in [6, 6.07) is 7.89. The highest BCUT2D eigenvalue weighted by molar-refractivity contribution is 6.13. The molecule has 3 rings (SSSR count). The lowest BCUT2D eigenvalue weighted by molar-refractivity contribution is 0.103. The van der Waals surface area contributed by atoms with Crippen molar-refractivity contribution in [3.63, 3.8) is 0 Å². The number of hydrogen-bond acceptors (Lipinski definition) is 2.